The summed E-state index contributed by atoms with van der Waals surface area (Å²) < 4.78 is 14.7. The summed E-state index contributed by atoms with van der Waals surface area (Å²) >= 11 is 1.26. The average Bonchev–Trinajstić information content (AvgIpc) is 3.33. The van der Waals surface area contributed by atoms with Crippen molar-refractivity contribution >= 4 is 33.3 Å². The Bertz CT molecular complexity index is 992. The zero-order valence-corrected chi connectivity index (χ0v) is 13.8. The number of amides is 1. The largest absolute Gasteiger partial charge is 0.307 e. The van der Waals surface area contributed by atoms with Crippen molar-refractivity contribution in [3.63, 3.8) is 0 Å². The number of nitrogens with zero attached hydrogens (tertiary/aromatic N) is 4. The van der Waals surface area contributed by atoms with Gasteiger partial charge in [0.05, 0.1) is 23.1 Å². The van der Waals surface area contributed by atoms with Crippen LogP contribution in [-0.2, 0) is 4.79 Å². The van der Waals surface area contributed by atoms with Gasteiger partial charge in [0.25, 0.3) is 5.91 Å². The Morgan fingerprint density at radius 3 is 3.16 bits per heavy atom. The highest BCUT2D eigenvalue weighted by atomic mass is 32.1. The van der Waals surface area contributed by atoms with Crippen LogP contribution < -0.4 is 5.32 Å². The molecule has 1 aromatic carbocycles. The summed E-state index contributed by atoms with van der Waals surface area (Å²) in [4.78, 5) is 18.5. The number of nitriles is 1. The van der Waals surface area contributed by atoms with E-state index in [0.717, 1.165) is 21.3 Å². The number of fused-ring (bicyclic) bond motifs is 1. The topological polar surface area (TPSA) is 97.7 Å². The second kappa shape index (κ2) is 5.82. The number of alkyl halides is 1. The lowest BCUT2D eigenvalue weighted by molar-refractivity contribution is -0.126. The van der Waals surface area contributed by atoms with Crippen LogP contribution in [-0.4, -0.2) is 44.7 Å². The minimum Gasteiger partial charge on any atom is -0.307 e. The molecule has 9 heteroatoms. The number of halogens is 1. The maximum absolute atomic E-state index is 14.7. The molecule has 0 radical (unpaired) electrons. The van der Waals surface area contributed by atoms with Gasteiger partial charge in [-0.1, -0.05) is 29.5 Å². The van der Waals surface area contributed by atoms with Gasteiger partial charge in [-0.05, 0) is 0 Å². The highest BCUT2D eigenvalue weighted by molar-refractivity contribution is 7.19. The van der Waals surface area contributed by atoms with E-state index >= 15 is 0 Å². The van der Waals surface area contributed by atoms with Gasteiger partial charge in [-0.25, -0.2) is 9.37 Å². The molecule has 1 aliphatic heterocycles. The van der Waals surface area contributed by atoms with E-state index in [9.17, 15) is 9.18 Å². The highest BCUT2D eigenvalue weighted by Crippen LogP contribution is 2.34. The minimum atomic E-state index is -2.06. The van der Waals surface area contributed by atoms with Crippen molar-refractivity contribution in [2.75, 3.05) is 18.4 Å². The van der Waals surface area contributed by atoms with Crippen molar-refractivity contribution in [3.05, 3.63) is 30.6 Å². The predicted octanol–water partition coefficient (Wildman–Crippen LogP) is 2.52. The molecule has 126 valence electrons. The molecule has 0 unspecified atom stereocenters. The molecule has 0 spiro atoms. The van der Waals surface area contributed by atoms with Crippen molar-refractivity contribution in [3.8, 4) is 16.6 Å². The molecule has 4 rings (SSSR count). The molecule has 1 aliphatic rings. The number of rotatable bonds is 3. The minimum absolute atomic E-state index is 0.00191. The first-order valence-electron chi connectivity index (χ1n) is 7.62. The summed E-state index contributed by atoms with van der Waals surface area (Å²) in [5.41, 5.74) is -0.267. The standard InChI is InChI=1S/C16H13FN6OS/c17-16(4-5-23(8-16)9-18)14(24)21-15-19-7-12(25-15)11-3-1-2-10-6-20-22-13(10)11/h1-3,6-7H,4-5,8H2,(H,20,22)(H,19,21,24)/t16-/m1/s1. The Morgan fingerprint density at radius 2 is 2.36 bits per heavy atom. The number of anilines is 1. The van der Waals surface area contributed by atoms with Crippen LogP contribution in [0.25, 0.3) is 21.3 Å². The summed E-state index contributed by atoms with van der Waals surface area (Å²) in [6.45, 7) is 0.0202. The Kier molecular flexibility index (Phi) is 3.62. The number of nitrogens with one attached hydrogen (secondary N) is 2. The van der Waals surface area contributed by atoms with Crippen LogP contribution in [0.15, 0.2) is 30.6 Å². The molecule has 3 heterocycles. The summed E-state index contributed by atoms with van der Waals surface area (Å²) in [5, 5.41) is 19.6. The molecule has 0 saturated carbocycles. The lowest BCUT2D eigenvalue weighted by Crippen LogP contribution is -2.40. The third kappa shape index (κ3) is 2.70. The van der Waals surface area contributed by atoms with Gasteiger partial charge in [-0.2, -0.15) is 10.4 Å². The van der Waals surface area contributed by atoms with Crippen LogP contribution in [0.4, 0.5) is 9.52 Å². The number of thiazole rings is 1. The zero-order chi connectivity index (χ0) is 17.4. The van der Waals surface area contributed by atoms with E-state index < -0.39 is 11.6 Å². The molecule has 2 N–H and O–H groups in total. The van der Waals surface area contributed by atoms with Gasteiger partial charge in [-0.3, -0.25) is 15.2 Å². The van der Waals surface area contributed by atoms with E-state index in [1.54, 1.807) is 12.4 Å². The van der Waals surface area contributed by atoms with Crippen molar-refractivity contribution in [2.45, 2.75) is 12.1 Å². The van der Waals surface area contributed by atoms with Crippen LogP contribution in [0.5, 0.6) is 0 Å². The van der Waals surface area contributed by atoms with Crippen molar-refractivity contribution in [2.24, 2.45) is 0 Å². The zero-order valence-electron chi connectivity index (χ0n) is 13.0. The lowest BCUT2D eigenvalue weighted by Gasteiger charge is -2.16. The summed E-state index contributed by atoms with van der Waals surface area (Å²) in [6, 6.07) is 5.79. The third-order valence-electron chi connectivity index (χ3n) is 4.24. The van der Waals surface area contributed by atoms with E-state index in [1.807, 2.05) is 24.4 Å². The number of benzene rings is 1. The number of aromatic amines is 1. The van der Waals surface area contributed by atoms with Crippen LogP contribution in [0, 0.1) is 11.5 Å². The molecule has 7 nitrogen and oxygen atoms in total. The number of carbonyl (C=O) groups excluding carboxylic acids is 1. The molecule has 0 bridgehead atoms. The molecule has 1 amide bonds. The molecule has 1 atom stereocenters. The number of para-hydroxylation sites is 1. The molecular weight excluding hydrogens is 343 g/mol. The second-order valence-electron chi connectivity index (χ2n) is 5.86. The van der Waals surface area contributed by atoms with Gasteiger partial charge in [-0.15, -0.1) is 0 Å². The predicted molar refractivity (Wildman–Crippen MR) is 91.5 cm³/mol. The molecular formula is C16H13FN6OS. The molecule has 1 saturated heterocycles. The summed E-state index contributed by atoms with van der Waals surface area (Å²) in [6.07, 6.45) is 5.24. The Morgan fingerprint density at radius 1 is 1.48 bits per heavy atom. The van der Waals surface area contributed by atoms with Crippen LogP contribution in [0.1, 0.15) is 6.42 Å². The third-order valence-corrected chi connectivity index (χ3v) is 5.18. The Labute approximate surface area is 146 Å². The maximum Gasteiger partial charge on any atom is 0.265 e. The molecule has 1 fully saturated rings. The summed E-state index contributed by atoms with van der Waals surface area (Å²) in [5.74, 6) is -0.758. The average molecular weight is 356 g/mol. The Hall–Kier alpha value is -2.99. The van der Waals surface area contributed by atoms with E-state index in [-0.39, 0.29) is 19.5 Å². The van der Waals surface area contributed by atoms with Gasteiger partial charge in [0, 0.05) is 30.1 Å². The van der Waals surface area contributed by atoms with E-state index in [2.05, 4.69) is 20.5 Å². The van der Waals surface area contributed by atoms with E-state index in [4.69, 9.17) is 5.26 Å². The van der Waals surface area contributed by atoms with Gasteiger partial charge in [0.1, 0.15) is 0 Å². The first kappa shape index (κ1) is 15.5. The number of likely N-dealkylation sites (tertiary alicyclic amines) is 1. The number of aromatic nitrogens is 3. The first-order valence-corrected chi connectivity index (χ1v) is 8.44. The SMILES string of the molecule is N#CN1CC[C@](F)(C(=O)Nc2ncc(-c3cccc4cn[nH]c34)s2)C1. The molecule has 25 heavy (non-hydrogen) atoms. The number of hydrogen-bond acceptors (Lipinski definition) is 6. The first-order chi connectivity index (χ1) is 12.1. The fraction of sp³-hybridized carbons (Fsp3) is 0.250. The Balaban J connectivity index is 1.55. The molecule has 2 aromatic heterocycles. The fourth-order valence-electron chi connectivity index (χ4n) is 2.88. The lowest BCUT2D eigenvalue weighted by atomic mass is 10.1. The van der Waals surface area contributed by atoms with Gasteiger partial charge >= 0.3 is 0 Å². The van der Waals surface area contributed by atoms with Crippen molar-refractivity contribution in [1.82, 2.24) is 20.1 Å². The van der Waals surface area contributed by atoms with E-state index in [0.29, 0.717) is 5.13 Å². The van der Waals surface area contributed by atoms with Crippen molar-refractivity contribution < 1.29 is 9.18 Å². The smallest absolute Gasteiger partial charge is 0.265 e. The molecule has 0 aliphatic carbocycles. The van der Waals surface area contributed by atoms with Gasteiger partial charge < -0.3 is 4.90 Å². The summed E-state index contributed by atoms with van der Waals surface area (Å²) in [7, 11) is 0. The normalized spacial score (nSPS) is 19.9. The maximum atomic E-state index is 14.7. The van der Waals surface area contributed by atoms with E-state index in [1.165, 1.54) is 16.2 Å². The van der Waals surface area contributed by atoms with Crippen LogP contribution in [0.2, 0.25) is 0 Å². The number of hydrogen-bond donors (Lipinski definition) is 2. The molecule has 3 aromatic rings. The van der Waals surface area contributed by atoms with Crippen LogP contribution in [0.3, 0.4) is 0 Å². The quantitative estimate of drug-likeness (QED) is 0.703. The second-order valence-corrected chi connectivity index (χ2v) is 6.89. The van der Waals surface area contributed by atoms with Crippen molar-refractivity contribution in [1.29, 1.82) is 5.26 Å². The van der Waals surface area contributed by atoms with Gasteiger partial charge in [0.15, 0.2) is 11.3 Å². The number of carbonyl (C=O) groups is 1. The highest BCUT2D eigenvalue weighted by Gasteiger charge is 2.45. The monoisotopic (exact) mass is 356 g/mol. The number of H-pyrrole nitrogens is 1. The van der Waals surface area contributed by atoms with Gasteiger partial charge in [0.2, 0.25) is 5.67 Å². The van der Waals surface area contributed by atoms with Crippen LogP contribution >= 0.6 is 11.3 Å². The fourth-order valence-corrected chi connectivity index (χ4v) is 3.73.